The van der Waals surface area contributed by atoms with Crippen molar-refractivity contribution in [3.63, 3.8) is 0 Å². The van der Waals surface area contributed by atoms with Crippen LogP contribution in [-0.4, -0.2) is 0 Å². The van der Waals surface area contributed by atoms with Crippen molar-refractivity contribution in [3.05, 3.63) is 0 Å². The number of hydrogen-bond acceptors (Lipinski definition) is 0. The Kier molecular flexibility index (Phi) is 1.19. The Morgan fingerprint density at radius 3 is 2.40 bits per heavy atom. The molecule has 0 nitrogen and oxygen atoms in total. The van der Waals surface area contributed by atoms with Gasteiger partial charge in [0.1, 0.15) is 0 Å². The molecule has 4 atom stereocenters. The van der Waals surface area contributed by atoms with Crippen molar-refractivity contribution in [2.75, 3.05) is 0 Å². The summed E-state index contributed by atoms with van der Waals surface area (Å²) in [5.41, 5.74) is 0.763. The maximum absolute atomic E-state index is 2.50. The lowest BCUT2D eigenvalue weighted by Gasteiger charge is -2.50. The summed E-state index contributed by atoms with van der Waals surface area (Å²) >= 11 is 0. The smallest absolute Gasteiger partial charge is 0.0269 e. The monoisotopic (exact) mass is 138 g/mol. The lowest BCUT2D eigenvalue weighted by Crippen LogP contribution is -2.43. The fraction of sp³-hybridized carbons (Fsp3) is 1.00. The van der Waals surface area contributed by atoms with Crippen LogP contribution < -0.4 is 0 Å². The largest absolute Gasteiger partial charge is 0.0622 e. The molecule has 0 aromatic rings. The molecule has 10 heavy (non-hydrogen) atoms. The summed E-state index contributed by atoms with van der Waals surface area (Å²) in [5, 5.41) is 0. The van der Waals surface area contributed by atoms with Gasteiger partial charge < -0.3 is 0 Å². The van der Waals surface area contributed by atoms with Crippen molar-refractivity contribution in [2.24, 2.45) is 23.2 Å². The average Bonchev–Trinajstić information content (AvgIpc) is 2.13. The van der Waals surface area contributed by atoms with Crippen LogP contribution in [0.15, 0.2) is 0 Å². The molecule has 0 N–H and O–H groups in total. The number of fused-ring (bicyclic) bond motifs is 1. The van der Waals surface area contributed by atoms with E-state index in [1.165, 1.54) is 19.3 Å². The van der Waals surface area contributed by atoms with Crippen LogP contribution >= 0.6 is 0 Å². The zero-order valence-corrected chi connectivity index (χ0v) is 7.35. The summed E-state index contributed by atoms with van der Waals surface area (Å²) in [7, 11) is 0. The highest BCUT2D eigenvalue weighted by molar-refractivity contribution is 5.03. The average molecular weight is 138 g/mol. The number of hydrogen-bond donors (Lipinski definition) is 0. The van der Waals surface area contributed by atoms with Crippen molar-refractivity contribution >= 4 is 0 Å². The van der Waals surface area contributed by atoms with Gasteiger partial charge in [-0.25, -0.2) is 0 Å². The van der Waals surface area contributed by atoms with Crippen LogP contribution in [0.25, 0.3) is 0 Å². The molecular formula is C10H18. The predicted molar refractivity (Wildman–Crippen MR) is 43.8 cm³/mol. The van der Waals surface area contributed by atoms with E-state index >= 15 is 0 Å². The van der Waals surface area contributed by atoms with Crippen LogP contribution in [0.5, 0.6) is 0 Å². The van der Waals surface area contributed by atoms with E-state index in [1.54, 1.807) is 0 Å². The molecule has 0 aromatic carbocycles. The summed E-state index contributed by atoms with van der Waals surface area (Å²) < 4.78 is 0. The Balaban J connectivity index is 2.16. The molecule has 0 bridgehead atoms. The Morgan fingerprint density at radius 1 is 1.30 bits per heavy atom. The Labute approximate surface area is 64.0 Å². The highest BCUT2D eigenvalue weighted by Crippen LogP contribution is 2.62. The molecule has 2 fully saturated rings. The maximum Gasteiger partial charge on any atom is -0.0269 e. The lowest BCUT2D eigenvalue weighted by atomic mass is 9.55. The molecule has 0 spiro atoms. The van der Waals surface area contributed by atoms with Gasteiger partial charge in [0.25, 0.3) is 0 Å². The van der Waals surface area contributed by atoms with Gasteiger partial charge >= 0.3 is 0 Å². The molecule has 2 saturated carbocycles. The van der Waals surface area contributed by atoms with Gasteiger partial charge in [0.15, 0.2) is 0 Å². The quantitative estimate of drug-likeness (QED) is 0.482. The van der Waals surface area contributed by atoms with E-state index in [0.717, 1.165) is 23.2 Å². The molecule has 0 aromatic heterocycles. The van der Waals surface area contributed by atoms with Crippen LogP contribution in [0.4, 0.5) is 0 Å². The third kappa shape index (κ3) is 0.580. The summed E-state index contributed by atoms with van der Waals surface area (Å²) in [6.45, 7) is 7.35. The molecular weight excluding hydrogens is 120 g/mol. The zero-order valence-electron chi connectivity index (χ0n) is 7.35. The van der Waals surface area contributed by atoms with E-state index in [4.69, 9.17) is 0 Å². The molecule has 2 rings (SSSR count). The van der Waals surface area contributed by atoms with Gasteiger partial charge in [0, 0.05) is 0 Å². The van der Waals surface area contributed by atoms with Crippen molar-refractivity contribution in [1.29, 1.82) is 0 Å². The Bertz CT molecular complexity index is 150. The molecule has 2 unspecified atom stereocenters. The third-order valence-corrected chi connectivity index (χ3v) is 4.41. The molecule has 0 saturated heterocycles. The normalized spacial score (nSPS) is 59.7. The van der Waals surface area contributed by atoms with E-state index < -0.39 is 0 Å². The van der Waals surface area contributed by atoms with Gasteiger partial charge in [-0.15, -0.1) is 0 Å². The first-order valence-electron chi connectivity index (χ1n) is 4.64. The standard InChI is InChI=1S/C10H18/c1-7-4-5-10(3)8(2)6-9(7)10/h7-9H,4-6H2,1-3H3/t7-,8?,9?,10+/m0/s1. The minimum atomic E-state index is 0.763. The van der Waals surface area contributed by atoms with Crippen LogP contribution in [-0.2, 0) is 0 Å². The van der Waals surface area contributed by atoms with Gasteiger partial charge in [-0.05, 0) is 42.4 Å². The fourth-order valence-corrected chi connectivity index (χ4v) is 3.18. The number of rotatable bonds is 0. The van der Waals surface area contributed by atoms with Gasteiger partial charge in [-0.1, -0.05) is 20.8 Å². The van der Waals surface area contributed by atoms with E-state index in [9.17, 15) is 0 Å². The highest BCUT2D eigenvalue weighted by atomic mass is 14.6. The molecule has 0 radical (unpaired) electrons. The van der Waals surface area contributed by atoms with Crippen molar-refractivity contribution in [3.8, 4) is 0 Å². The van der Waals surface area contributed by atoms with Crippen molar-refractivity contribution in [1.82, 2.24) is 0 Å². The van der Waals surface area contributed by atoms with Gasteiger partial charge in [-0.3, -0.25) is 0 Å². The maximum atomic E-state index is 2.50. The van der Waals surface area contributed by atoms with Gasteiger partial charge in [0.2, 0.25) is 0 Å². The second-order valence-corrected chi connectivity index (χ2v) is 4.77. The molecule has 0 heteroatoms. The van der Waals surface area contributed by atoms with Gasteiger partial charge in [-0.2, -0.15) is 0 Å². The first kappa shape index (κ1) is 6.69. The van der Waals surface area contributed by atoms with E-state index in [-0.39, 0.29) is 0 Å². The molecule has 0 amide bonds. The molecule has 2 aliphatic carbocycles. The molecule has 2 aliphatic rings. The highest BCUT2D eigenvalue weighted by Gasteiger charge is 2.54. The first-order chi connectivity index (χ1) is 4.64. The summed E-state index contributed by atoms with van der Waals surface area (Å²) in [4.78, 5) is 0. The third-order valence-electron chi connectivity index (χ3n) is 4.41. The molecule has 0 heterocycles. The Morgan fingerprint density at radius 2 is 2.00 bits per heavy atom. The van der Waals surface area contributed by atoms with Crippen molar-refractivity contribution in [2.45, 2.75) is 40.0 Å². The topological polar surface area (TPSA) is 0 Å². The summed E-state index contributed by atoms with van der Waals surface area (Å²) in [5.74, 6) is 3.13. The molecule has 0 aliphatic heterocycles. The SMILES string of the molecule is CC1CC2[C@@H](C)CC[C@]12C. The lowest BCUT2D eigenvalue weighted by molar-refractivity contribution is -0.0132. The van der Waals surface area contributed by atoms with Gasteiger partial charge in [0.05, 0.1) is 0 Å². The first-order valence-corrected chi connectivity index (χ1v) is 4.64. The Hall–Kier alpha value is 0. The second kappa shape index (κ2) is 1.78. The summed E-state index contributed by atoms with van der Waals surface area (Å²) in [6, 6.07) is 0. The molecule has 58 valence electrons. The van der Waals surface area contributed by atoms with E-state index in [2.05, 4.69) is 20.8 Å². The van der Waals surface area contributed by atoms with Crippen LogP contribution in [0.1, 0.15) is 40.0 Å². The fourth-order valence-electron chi connectivity index (χ4n) is 3.18. The summed E-state index contributed by atoms with van der Waals surface area (Å²) in [6.07, 6.45) is 4.50. The van der Waals surface area contributed by atoms with Crippen LogP contribution in [0.3, 0.4) is 0 Å². The zero-order chi connectivity index (χ0) is 7.35. The minimum absolute atomic E-state index is 0.763. The van der Waals surface area contributed by atoms with E-state index in [0.29, 0.717) is 0 Å². The second-order valence-electron chi connectivity index (χ2n) is 4.77. The van der Waals surface area contributed by atoms with Crippen molar-refractivity contribution < 1.29 is 0 Å². The van der Waals surface area contributed by atoms with Crippen LogP contribution in [0, 0.1) is 23.2 Å². The minimum Gasteiger partial charge on any atom is -0.0622 e. The van der Waals surface area contributed by atoms with Crippen LogP contribution in [0.2, 0.25) is 0 Å². The van der Waals surface area contributed by atoms with E-state index in [1.807, 2.05) is 0 Å². The predicted octanol–water partition coefficient (Wildman–Crippen LogP) is 3.08.